The van der Waals surface area contributed by atoms with E-state index < -0.39 is 0 Å². The highest BCUT2D eigenvalue weighted by Crippen LogP contribution is 2.42. The SMILES string of the molecule is CCOC1c2ccccc2C(=N)N1C1CC1. The molecule has 1 aromatic rings. The van der Waals surface area contributed by atoms with Crippen LogP contribution >= 0.6 is 0 Å². The lowest BCUT2D eigenvalue weighted by Crippen LogP contribution is -2.31. The molecule has 0 spiro atoms. The first kappa shape index (κ1) is 9.85. The van der Waals surface area contributed by atoms with Gasteiger partial charge < -0.3 is 9.64 Å². The molecule has 0 bridgehead atoms. The number of hydrogen-bond donors (Lipinski definition) is 1. The number of ether oxygens (including phenoxy) is 1. The van der Waals surface area contributed by atoms with Crippen molar-refractivity contribution in [2.45, 2.75) is 32.0 Å². The van der Waals surface area contributed by atoms with Crippen LogP contribution < -0.4 is 0 Å². The molecule has 1 unspecified atom stereocenters. The summed E-state index contributed by atoms with van der Waals surface area (Å²) in [7, 11) is 0. The van der Waals surface area contributed by atoms with Crippen molar-refractivity contribution >= 4 is 5.84 Å². The van der Waals surface area contributed by atoms with Crippen LogP contribution in [0.3, 0.4) is 0 Å². The highest BCUT2D eigenvalue weighted by Gasteiger charge is 2.42. The number of nitrogens with zero attached hydrogens (tertiary/aromatic N) is 1. The lowest BCUT2D eigenvalue weighted by Gasteiger charge is -2.26. The van der Waals surface area contributed by atoms with E-state index in [1.54, 1.807) is 0 Å². The molecule has 0 amide bonds. The molecule has 84 valence electrons. The summed E-state index contributed by atoms with van der Waals surface area (Å²) in [4.78, 5) is 2.13. The molecule has 1 aromatic carbocycles. The fraction of sp³-hybridized carbons (Fsp3) is 0.462. The second-order valence-corrected chi connectivity index (χ2v) is 4.38. The van der Waals surface area contributed by atoms with Gasteiger partial charge in [0, 0.05) is 23.8 Å². The third-order valence-corrected chi connectivity index (χ3v) is 3.26. The number of rotatable bonds is 3. The number of amidine groups is 1. The van der Waals surface area contributed by atoms with E-state index in [4.69, 9.17) is 10.1 Å². The van der Waals surface area contributed by atoms with Crippen molar-refractivity contribution in [1.82, 2.24) is 4.90 Å². The van der Waals surface area contributed by atoms with Gasteiger partial charge in [0.25, 0.3) is 0 Å². The van der Waals surface area contributed by atoms with Crippen LogP contribution in [-0.2, 0) is 4.74 Å². The van der Waals surface area contributed by atoms with Crippen molar-refractivity contribution in [3.05, 3.63) is 35.4 Å². The van der Waals surface area contributed by atoms with Gasteiger partial charge in [-0.05, 0) is 19.8 Å². The topological polar surface area (TPSA) is 36.3 Å². The minimum atomic E-state index is -0.0267. The Kier molecular flexibility index (Phi) is 2.21. The summed E-state index contributed by atoms with van der Waals surface area (Å²) in [5, 5.41) is 8.21. The van der Waals surface area contributed by atoms with Gasteiger partial charge in [-0.15, -0.1) is 0 Å². The van der Waals surface area contributed by atoms with Gasteiger partial charge in [0.1, 0.15) is 5.84 Å². The molecule has 3 nitrogen and oxygen atoms in total. The summed E-state index contributed by atoms with van der Waals surface area (Å²) >= 11 is 0. The number of benzene rings is 1. The molecule has 1 saturated carbocycles. The van der Waals surface area contributed by atoms with E-state index in [1.807, 2.05) is 25.1 Å². The van der Waals surface area contributed by atoms with E-state index >= 15 is 0 Å². The van der Waals surface area contributed by atoms with Gasteiger partial charge in [-0.3, -0.25) is 5.41 Å². The van der Waals surface area contributed by atoms with Crippen molar-refractivity contribution in [1.29, 1.82) is 5.41 Å². The summed E-state index contributed by atoms with van der Waals surface area (Å²) in [6.45, 7) is 2.70. The van der Waals surface area contributed by atoms with Gasteiger partial charge >= 0.3 is 0 Å². The summed E-state index contributed by atoms with van der Waals surface area (Å²) in [5.74, 6) is 0.636. The van der Waals surface area contributed by atoms with Crippen LogP contribution in [0.25, 0.3) is 0 Å². The molecule has 0 saturated heterocycles. The highest BCUT2D eigenvalue weighted by molar-refractivity contribution is 6.01. The Hall–Kier alpha value is -1.35. The van der Waals surface area contributed by atoms with Crippen LogP contribution in [0.4, 0.5) is 0 Å². The van der Waals surface area contributed by atoms with Crippen molar-refractivity contribution in [2.75, 3.05) is 6.61 Å². The van der Waals surface area contributed by atoms with Crippen molar-refractivity contribution in [2.24, 2.45) is 0 Å². The van der Waals surface area contributed by atoms with E-state index in [9.17, 15) is 0 Å². The van der Waals surface area contributed by atoms with Crippen molar-refractivity contribution in [3.63, 3.8) is 0 Å². The van der Waals surface area contributed by atoms with E-state index in [0.29, 0.717) is 18.5 Å². The number of nitrogens with one attached hydrogen (secondary N) is 1. The highest BCUT2D eigenvalue weighted by atomic mass is 16.5. The Morgan fingerprint density at radius 3 is 2.81 bits per heavy atom. The normalized spacial score (nSPS) is 23.7. The molecule has 1 aliphatic carbocycles. The Labute approximate surface area is 95.5 Å². The first-order valence-electron chi connectivity index (χ1n) is 5.90. The maximum Gasteiger partial charge on any atom is 0.158 e. The summed E-state index contributed by atoms with van der Waals surface area (Å²) in [6, 6.07) is 8.64. The lowest BCUT2D eigenvalue weighted by molar-refractivity contribution is -0.0196. The van der Waals surface area contributed by atoms with Gasteiger partial charge in [-0.2, -0.15) is 0 Å². The second-order valence-electron chi connectivity index (χ2n) is 4.38. The standard InChI is InChI=1S/C13H16N2O/c1-2-16-13-11-6-4-3-5-10(11)12(14)15(13)9-7-8-9/h3-6,9,13-14H,2,7-8H2,1H3. The first-order valence-corrected chi connectivity index (χ1v) is 5.90. The average Bonchev–Trinajstić information content (AvgIpc) is 3.09. The minimum absolute atomic E-state index is 0.0267. The smallest absolute Gasteiger partial charge is 0.158 e. The summed E-state index contributed by atoms with van der Waals surface area (Å²) < 4.78 is 5.80. The molecule has 1 fully saturated rings. The van der Waals surface area contributed by atoms with Crippen LogP contribution in [0.15, 0.2) is 24.3 Å². The largest absolute Gasteiger partial charge is 0.354 e. The Bertz CT molecular complexity index is 426. The predicted octanol–water partition coefficient (Wildman–Crippen LogP) is 2.53. The van der Waals surface area contributed by atoms with Crippen LogP contribution in [0, 0.1) is 5.41 Å². The molecular formula is C13H16N2O. The van der Waals surface area contributed by atoms with Crippen molar-refractivity contribution < 1.29 is 4.74 Å². The number of fused-ring (bicyclic) bond motifs is 1. The van der Waals surface area contributed by atoms with Gasteiger partial charge in [0.2, 0.25) is 0 Å². The van der Waals surface area contributed by atoms with Gasteiger partial charge in [0.15, 0.2) is 6.23 Å². The zero-order valence-electron chi connectivity index (χ0n) is 9.44. The second kappa shape index (κ2) is 3.59. The lowest BCUT2D eigenvalue weighted by atomic mass is 10.1. The van der Waals surface area contributed by atoms with Gasteiger partial charge in [-0.1, -0.05) is 24.3 Å². The summed E-state index contributed by atoms with van der Waals surface area (Å²) in [6.07, 6.45) is 2.36. The van der Waals surface area contributed by atoms with Gasteiger partial charge in [-0.25, -0.2) is 0 Å². The Morgan fingerprint density at radius 2 is 2.12 bits per heavy atom. The summed E-state index contributed by atoms with van der Waals surface area (Å²) in [5.41, 5.74) is 2.19. The molecule has 1 atom stereocenters. The molecule has 1 aliphatic heterocycles. The fourth-order valence-electron chi connectivity index (χ4n) is 2.39. The van der Waals surface area contributed by atoms with Crippen molar-refractivity contribution in [3.8, 4) is 0 Å². The molecule has 3 heteroatoms. The molecule has 1 heterocycles. The zero-order valence-corrected chi connectivity index (χ0v) is 9.44. The van der Waals surface area contributed by atoms with E-state index in [0.717, 1.165) is 11.1 Å². The minimum Gasteiger partial charge on any atom is -0.354 e. The molecule has 0 radical (unpaired) electrons. The van der Waals surface area contributed by atoms with Crippen LogP contribution in [-0.4, -0.2) is 23.4 Å². The maximum absolute atomic E-state index is 8.21. The fourth-order valence-corrected chi connectivity index (χ4v) is 2.39. The predicted molar refractivity (Wildman–Crippen MR) is 62.5 cm³/mol. The van der Waals surface area contributed by atoms with Gasteiger partial charge in [0.05, 0.1) is 0 Å². The molecule has 1 N–H and O–H groups in total. The van der Waals surface area contributed by atoms with E-state index in [-0.39, 0.29) is 6.23 Å². The zero-order chi connectivity index (χ0) is 11.1. The monoisotopic (exact) mass is 216 g/mol. The molecule has 0 aromatic heterocycles. The molecule has 2 aliphatic rings. The third-order valence-electron chi connectivity index (χ3n) is 3.26. The Balaban J connectivity index is 2.01. The van der Waals surface area contributed by atoms with Crippen LogP contribution in [0.2, 0.25) is 0 Å². The molecule has 3 rings (SSSR count). The van der Waals surface area contributed by atoms with E-state index in [2.05, 4.69) is 11.0 Å². The first-order chi connectivity index (χ1) is 7.83. The number of hydrogen-bond acceptors (Lipinski definition) is 2. The Morgan fingerprint density at radius 1 is 1.38 bits per heavy atom. The average molecular weight is 216 g/mol. The molecular weight excluding hydrogens is 200 g/mol. The third kappa shape index (κ3) is 1.35. The van der Waals surface area contributed by atoms with Crippen LogP contribution in [0.5, 0.6) is 0 Å². The van der Waals surface area contributed by atoms with E-state index in [1.165, 1.54) is 12.8 Å². The molecule has 16 heavy (non-hydrogen) atoms. The quantitative estimate of drug-likeness (QED) is 0.842. The van der Waals surface area contributed by atoms with Crippen LogP contribution in [0.1, 0.15) is 37.1 Å². The maximum atomic E-state index is 8.21.